The van der Waals surface area contributed by atoms with E-state index in [0.717, 1.165) is 6.26 Å². The van der Waals surface area contributed by atoms with Crippen LogP contribution >= 0.6 is 23.4 Å². The third kappa shape index (κ3) is 5.26. The van der Waals surface area contributed by atoms with Crippen molar-refractivity contribution in [2.75, 3.05) is 24.8 Å². The minimum atomic E-state index is -3.32. The minimum absolute atomic E-state index is 0.224. The highest BCUT2D eigenvalue weighted by molar-refractivity contribution is 7.98. The minimum Gasteiger partial charge on any atom is -0.388 e. The molecule has 0 saturated heterocycles. The zero-order valence-corrected chi connectivity index (χ0v) is 14.2. The number of hydrogen-bond donors (Lipinski definition) is 2. The number of benzene rings is 1. The Morgan fingerprint density at radius 2 is 2.10 bits per heavy atom. The zero-order chi connectivity index (χ0) is 15.4. The van der Waals surface area contributed by atoms with E-state index in [1.165, 1.54) is 6.07 Å². The summed E-state index contributed by atoms with van der Waals surface area (Å²) in [7, 11) is -3.32. The smallest absolute Gasteiger partial charge is 0.175 e. The SMILES string of the molecule is CSCC(C)(O)CNCc1c(Cl)cccc1S(C)(=O)=O. The van der Waals surface area contributed by atoms with E-state index >= 15 is 0 Å². The molecule has 114 valence electrons. The van der Waals surface area contributed by atoms with E-state index in [4.69, 9.17) is 11.6 Å². The highest BCUT2D eigenvalue weighted by Crippen LogP contribution is 2.24. The van der Waals surface area contributed by atoms with E-state index in [9.17, 15) is 13.5 Å². The van der Waals surface area contributed by atoms with Gasteiger partial charge in [0.2, 0.25) is 0 Å². The second-order valence-corrected chi connectivity index (χ2v) is 8.28. The molecule has 4 nitrogen and oxygen atoms in total. The van der Waals surface area contributed by atoms with Gasteiger partial charge in [0, 0.05) is 35.7 Å². The van der Waals surface area contributed by atoms with Crippen molar-refractivity contribution in [2.45, 2.75) is 24.0 Å². The van der Waals surface area contributed by atoms with Crippen LogP contribution in [0.25, 0.3) is 0 Å². The Labute approximate surface area is 129 Å². The molecule has 1 aromatic rings. The lowest BCUT2D eigenvalue weighted by Crippen LogP contribution is -2.39. The van der Waals surface area contributed by atoms with Gasteiger partial charge in [-0.05, 0) is 25.3 Å². The van der Waals surface area contributed by atoms with Gasteiger partial charge < -0.3 is 10.4 Å². The van der Waals surface area contributed by atoms with Crippen molar-refractivity contribution in [3.05, 3.63) is 28.8 Å². The summed E-state index contributed by atoms with van der Waals surface area (Å²) in [6.45, 7) is 2.40. The van der Waals surface area contributed by atoms with Crippen LogP contribution in [0.5, 0.6) is 0 Å². The lowest BCUT2D eigenvalue weighted by Gasteiger charge is -2.23. The van der Waals surface area contributed by atoms with E-state index in [1.807, 2.05) is 6.26 Å². The molecule has 1 rings (SSSR count). The van der Waals surface area contributed by atoms with E-state index in [1.54, 1.807) is 30.8 Å². The van der Waals surface area contributed by atoms with Gasteiger partial charge in [-0.3, -0.25) is 0 Å². The molecule has 0 heterocycles. The number of rotatable bonds is 7. The maximum Gasteiger partial charge on any atom is 0.175 e. The Balaban J connectivity index is 2.84. The molecule has 1 unspecified atom stereocenters. The van der Waals surface area contributed by atoms with Crippen LogP contribution in [0.1, 0.15) is 12.5 Å². The third-order valence-electron chi connectivity index (χ3n) is 2.74. The first kappa shape index (κ1) is 17.8. The predicted molar refractivity (Wildman–Crippen MR) is 85.3 cm³/mol. The molecule has 0 bridgehead atoms. The summed E-state index contributed by atoms with van der Waals surface area (Å²) in [5.74, 6) is 0.599. The number of hydrogen-bond acceptors (Lipinski definition) is 5. The third-order valence-corrected chi connectivity index (χ3v) is 5.18. The molecule has 0 aromatic heterocycles. The molecule has 0 spiro atoms. The molecule has 1 aromatic carbocycles. The van der Waals surface area contributed by atoms with Gasteiger partial charge in [-0.25, -0.2) is 8.42 Å². The summed E-state index contributed by atoms with van der Waals surface area (Å²) in [4.78, 5) is 0.224. The quantitative estimate of drug-likeness (QED) is 0.796. The maximum absolute atomic E-state index is 11.7. The van der Waals surface area contributed by atoms with E-state index < -0.39 is 15.4 Å². The first-order valence-electron chi connectivity index (χ1n) is 6.07. The molecule has 1 atom stereocenters. The summed E-state index contributed by atoms with van der Waals surface area (Å²) in [5.41, 5.74) is -0.303. The average molecular weight is 338 g/mol. The number of thioether (sulfide) groups is 1. The molecule has 0 saturated carbocycles. The van der Waals surface area contributed by atoms with Crippen molar-refractivity contribution < 1.29 is 13.5 Å². The predicted octanol–water partition coefficient (Wildman–Crippen LogP) is 1.95. The van der Waals surface area contributed by atoms with Crippen LogP contribution in [0, 0.1) is 0 Å². The Bertz CT molecular complexity index is 559. The van der Waals surface area contributed by atoms with Crippen LogP contribution in [0.15, 0.2) is 23.1 Å². The Morgan fingerprint density at radius 1 is 1.45 bits per heavy atom. The maximum atomic E-state index is 11.7. The van der Waals surface area contributed by atoms with Crippen LogP contribution in [-0.4, -0.2) is 43.9 Å². The van der Waals surface area contributed by atoms with E-state index in [-0.39, 0.29) is 4.90 Å². The van der Waals surface area contributed by atoms with Crippen molar-refractivity contribution >= 4 is 33.2 Å². The summed E-state index contributed by atoms with van der Waals surface area (Å²) in [6.07, 6.45) is 3.08. The van der Waals surface area contributed by atoms with Crippen LogP contribution in [0.3, 0.4) is 0 Å². The highest BCUT2D eigenvalue weighted by atomic mass is 35.5. The van der Waals surface area contributed by atoms with Crippen molar-refractivity contribution in [1.29, 1.82) is 0 Å². The average Bonchev–Trinajstić information content (AvgIpc) is 2.29. The Kier molecular flexibility index (Phi) is 6.34. The number of halogens is 1. The molecule has 2 N–H and O–H groups in total. The molecular weight excluding hydrogens is 318 g/mol. The number of aliphatic hydroxyl groups is 1. The normalized spacial score (nSPS) is 15.1. The molecule has 0 aliphatic carbocycles. The molecule has 0 fully saturated rings. The van der Waals surface area contributed by atoms with Gasteiger partial charge in [-0.2, -0.15) is 11.8 Å². The first-order valence-corrected chi connectivity index (χ1v) is 9.73. The molecule has 0 aliphatic heterocycles. The van der Waals surface area contributed by atoms with Gasteiger partial charge >= 0.3 is 0 Å². The number of nitrogens with one attached hydrogen (secondary N) is 1. The molecule has 0 amide bonds. The van der Waals surface area contributed by atoms with Crippen LogP contribution in [0.4, 0.5) is 0 Å². The van der Waals surface area contributed by atoms with Crippen molar-refractivity contribution in [2.24, 2.45) is 0 Å². The van der Waals surface area contributed by atoms with Crippen molar-refractivity contribution in [3.63, 3.8) is 0 Å². The van der Waals surface area contributed by atoms with Crippen molar-refractivity contribution in [1.82, 2.24) is 5.32 Å². The summed E-state index contributed by atoms with van der Waals surface area (Å²) in [5, 5.41) is 13.5. The van der Waals surface area contributed by atoms with Gasteiger partial charge in [0.05, 0.1) is 10.5 Å². The van der Waals surface area contributed by atoms with Crippen LogP contribution in [-0.2, 0) is 16.4 Å². The molecule has 7 heteroatoms. The summed E-state index contributed by atoms with van der Waals surface area (Å²) < 4.78 is 23.5. The summed E-state index contributed by atoms with van der Waals surface area (Å²) >= 11 is 7.63. The van der Waals surface area contributed by atoms with Crippen LogP contribution in [0.2, 0.25) is 5.02 Å². The molecule has 20 heavy (non-hydrogen) atoms. The fourth-order valence-electron chi connectivity index (χ4n) is 1.88. The monoisotopic (exact) mass is 337 g/mol. The fourth-order valence-corrected chi connectivity index (χ4v) is 3.85. The topological polar surface area (TPSA) is 66.4 Å². The van der Waals surface area contributed by atoms with Gasteiger partial charge in [0.25, 0.3) is 0 Å². The molecule has 0 radical (unpaired) electrons. The largest absolute Gasteiger partial charge is 0.388 e. The molecule has 0 aliphatic rings. The first-order chi connectivity index (χ1) is 9.17. The van der Waals surface area contributed by atoms with Crippen molar-refractivity contribution in [3.8, 4) is 0 Å². The lowest BCUT2D eigenvalue weighted by molar-refractivity contribution is 0.0845. The second kappa shape index (κ2) is 7.13. The second-order valence-electron chi connectivity index (χ2n) is 5.02. The number of sulfone groups is 1. The van der Waals surface area contributed by atoms with Gasteiger partial charge in [-0.1, -0.05) is 17.7 Å². The highest BCUT2D eigenvalue weighted by Gasteiger charge is 2.20. The Morgan fingerprint density at radius 3 is 2.65 bits per heavy atom. The van der Waals surface area contributed by atoms with Gasteiger partial charge in [0.15, 0.2) is 9.84 Å². The standard InChI is InChI=1S/C13H20ClNO3S2/c1-13(16,9-19-2)8-15-7-10-11(14)5-4-6-12(10)20(3,17)18/h4-6,15-16H,7-9H2,1-3H3. The molecular formula is C13H20ClNO3S2. The summed E-state index contributed by atoms with van der Waals surface area (Å²) in [6, 6.07) is 4.82. The van der Waals surface area contributed by atoms with Crippen LogP contribution < -0.4 is 5.32 Å². The van der Waals surface area contributed by atoms with Gasteiger partial charge in [-0.15, -0.1) is 0 Å². The fraction of sp³-hybridized carbons (Fsp3) is 0.538. The van der Waals surface area contributed by atoms with E-state index in [2.05, 4.69) is 5.32 Å². The van der Waals surface area contributed by atoms with E-state index in [0.29, 0.717) is 29.4 Å². The zero-order valence-electron chi connectivity index (χ0n) is 11.8. The van der Waals surface area contributed by atoms with Gasteiger partial charge in [0.1, 0.15) is 0 Å². The Hall–Kier alpha value is -0.270. The lowest BCUT2D eigenvalue weighted by atomic mass is 10.1.